The van der Waals surface area contributed by atoms with E-state index in [-0.39, 0.29) is 6.10 Å². The minimum absolute atomic E-state index is 0.0904. The monoisotopic (exact) mass is 174 g/mol. The third-order valence-corrected chi connectivity index (χ3v) is 1.82. The van der Waals surface area contributed by atoms with E-state index in [1.165, 1.54) is 5.56 Å². The van der Waals surface area contributed by atoms with Gasteiger partial charge in [-0.1, -0.05) is 36.3 Å². The molecule has 0 saturated carbocycles. The third kappa shape index (κ3) is 3.31. The molecule has 0 radical (unpaired) electrons. The molecule has 1 atom stereocenters. The Hall–Kier alpha value is -1.26. The third-order valence-electron chi connectivity index (χ3n) is 1.82. The normalized spacial score (nSPS) is 12.0. The van der Waals surface area contributed by atoms with E-state index in [1.807, 2.05) is 25.1 Å². The topological polar surface area (TPSA) is 9.23 Å². The molecule has 0 fully saturated rings. The Morgan fingerprint density at radius 3 is 2.62 bits per heavy atom. The Morgan fingerprint density at radius 2 is 2.08 bits per heavy atom. The van der Waals surface area contributed by atoms with Crippen molar-refractivity contribution in [3.8, 4) is 12.3 Å². The lowest BCUT2D eigenvalue weighted by molar-refractivity contribution is 0.103. The predicted octanol–water partition coefficient (Wildman–Crippen LogP) is 2.27. The summed E-state index contributed by atoms with van der Waals surface area (Å²) in [6.45, 7) is 2.62. The van der Waals surface area contributed by atoms with E-state index in [9.17, 15) is 0 Å². The molecule has 0 heterocycles. The smallest absolute Gasteiger partial charge is 0.121 e. The maximum Gasteiger partial charge on any atom is 0.121 e. The summed E-state index contributed by atoms with van der Waals surface area (Å²) in [5.41, 5.74) is 1.22. The highest BCUT2D eigenvalue weighted by Gasteiger charge is 2.04. The Morgan fingerprint density at radius 1 is 1.38 bits per heavy atom. The quantitative estimate of drug-likeness (QED) is 0.636. The minimum atomic E-state index is -0.0904. The van der Waals surface area contributed by atoms with Crippen LogP contribution in [0.4, 0.5) is 0 Å². The highest BCUT2D eigenvalue weighted by atomic mass is 16.5. The Bertz CT molecular complexity index is 271. The van der Waals surface area contributed by atoms with Crippen LogP contribution in [0.15, 0.2) is 30.3 Å². The number of ether oxygens (including phenoxy) is 1. The summed E-state index contributed by atoms with van der Waals surface area (Å²) in [7, 11) is 0. The van der Waals surface area contributed by atoms with E-state index >= 15 is 0 Å². The first kappa shape index (κ1) is 9.83. The number of hydrogen-bond acceptors (Lipinski definition) is 1. The fraction of sp³-hybridized carbons (Fsp3) is 0.333. The summed E-state index contributed by atoms with van der Waals surface area (Å²) in [6.07, 6.45) is 6.04. The van der Waals surface area contributed by atoms with Crippen LogP contribution in [0.5, 0.6) is 0 Å². The van der Waals surface area contributed by atoms with Gasteiger partial charge in [0.1, 0.15) is 6.10 Å². The molecule has 0 bridgehead atoms. The molecule has 1 nitrogen and oxygen atoms in total. The number of rotatable bonds is 4. The molecule has 0 spiro atoms. The Balaban J connectivity index is 2.53. The summed E-state index contributed by atoms with van der Waals surface area (Å²) in [6, 6.07) is 10.1. The van der Waals surface area contributed by atoms with Gasteiger partial charge in [0.05, 0.1) is 0 Å². The molecule has 68 valence electrons. The van der Waals surface area contributed by atoms with Crippen LogP contribution in [0.2, 0.25) is 0 Å². The largest absolute Gasteiger partial charge is 0.365 e. The van der Waals surface area contributed by atoms with Crippen LogP contribution >= 0.6 is 0 Å². The molecular formula is C12H14O. The highest BCUT2D eigenvalue weighted by Crippen LogP contribution is 2.04. The van der Waals surface area contributed by atoms with Gasteiger partial charge in [0.2, 0.25) is 0 Å². The standard InChI is InChI=1S/C12H14O/c1-3-12(13-4-2)10-11-8-6-5-7-9-11/h1,5-9,12H,4,10H2,2H3. The van der Waals surface area contributed by atoms with Crippen molar-refractivity contribution in [2.24, 2.45) is 0 Å². The molecule has 0 aliphatic heterocycles. The van der Waals surface area contributed by atoms with Crippen molar-refractivity contribution in [2.45, 2.75) is 19.4 Å². The fourth-order valence-corrected chi connectivity index (χ4v) is 1.20. The summed E-state index contributed by atoms with van der Waals surface area (Å²) in [4.78, 5) is 0. The minimum Gasteiger partial charge on any atom is -0.365 e. The predicted molar refractivity (Wildman–Crippen MR) is 54.4 cm³/mol. The second kappa shape index (κ2) is 5.40. The van der Waals surface area contributed by atoms with Gasteiger partial charge in [-0.25, -0.2) is 0 Å². The van der Waals surface area contributed by atoms with E-state index in [4.69, 9.17) is 11.2 Å². The van der Waals surface area contributed by atoms with Gasteiger partial charge in [-0.3, -0.25) is 0 Å². The van der Waals surface area contributed by atoms with Crippen molar-refractivity contribution in [1.29, 1.82) is 0 Å². The van der Waals surface area contributed by atoms with Crippen LogP contribution in [0.3, 0.4) is 0 Å². The van der Waals surface area contributed by atoms with Gasteiger partial charge in [-0.2, -0.15) is 0 Å². The van der Waals surface area contributed by atoms with E-state index in [2.05, 4.69) is 18.1 Å². The van der Waals surface area contributed by atoms with E-state index in [0.717, 1.165) is 6.42 Å². The van der Waals surface area contributed by atoms with E-state index < -0.39 is 0 Å². The fourth-order valence-electron chi connectivity index (χ4n) is 1.20. The zero-order chi connectivity index (χ0) is 9.52. The first-order valence-corrected chi connectivity index (χ1v) is 4.48. The van der Waals surface area contributed by atoms with Crippen LogP contribution in [0.25, 0.3) is 0 Å². The van der Waals surface area contributed by atoms with Gasteiger partial charge >= 0.3 is 0 Å². The average Bonchev–Trinajstić information content (AvgIpc) is 2.19. The molecule has 1 rings (SSSR count). The van der Waals surface area contributed by atoms with Crippen LogP contribution in [0, 0.1) is 12.3 Å². The maximum atomic E-state index is 5.36. The first-order chi connectivity index (χ1) is 6.36. The van der Waals surface area contributed by atoms with Crippen molar-refractivity contribution in [3.63, 3.8) is 0 Å². The van der Waals surface area contributed by atoms with E-state index in [0.29, 0.717) is 6.61 Å². The van der Waals surface area contributed by atoms with Crippen LogP contribution < -0.4 is 0 Å². The lowest BCUT2D eigenvalue weighted by Gasteiger charge is -2.09. The summed E-state index contributed by atoms with van der Waals surface area (Å²) in [5, 5.41) is 0. The van der Waals surface area contributed by atoms with Crippen molar-refractivity contribution in [3.05, 3.63) is 35.9 Å². The molecule has 1 aromatic carbocycles. The van der Waals surface area contributed by atoms with Gasteiger partial charge in [0.15, 0.2) is 0 Å². The molecule has 1 aromatic rings. The van der Waals surface area contributed by atoms with Crippen LogP contribution in [-0.2, 0) is 11.2 Å². The number of benzene rings is 1. The van der Waals surface area contributed by atoms with Crippen molar-refractivity contribution < 1.29 is 4.74 Å². The first-order valence-electron chi connectivity index (χ1n) is 4.48. The van der Waals surface area contributed by atoms with Gasteiger partial charge in [-0.15, -0.1) is 6.42 Å². The maximum absolute atomic E-state index is 5.36. The summed E-state index contributed by atoms with van der Waals surface area (Å²) in [5.74, 6) is 2.63. The molecular weight excluding hydrogens is 160 g/mol. The molecule has 0 aromatic heterocycles. The van der Waals surface area contributed by atoms with E-state index in [1.54, 1.807) is 0 Å². The summed E-state index contributed by atoms with van der Waals surface area (Å²) < 4.78 is 5.36. The second-order valence-corrected chi connectivity index (χ2v) is 2.80. The highest BCUT2D eigenvalue weighted by molar-refractivity contribution is 5.17. The lowest BCUT2D eigenvalue weighted by Crippen LogP contribution is -2.13. The van der Waals surface area contributed by atoms with Crippen molar-refractivity contribution in [1.82, 2.24) is 0 Å². The Kier molecular flexibility index (Phi) is 4.08. The van der Waals surface area contributed by atoms with Crippen molar-refractivity contribution >= 4 is 0 Å². The molecule has 0 N–H and O–H groups in total. The zero-order valence-corrected chi connectivity index (χ0v) is 7.86. The van der Waals surface area contributed by atoms with Crippen LogP contribution in [-0.4, -0.2) is 12.7 Å². The molecule has 1 heteroatoms. The van der Waals surface area contributed by atoms with Gasteiger partial charge < -0.3 is 4.74 Å². The van der Waals surface area contributed by atoms with Crippen LogP contribution in [0.1, 0.15) is 12.5 Å². The molecule has 0 aliphatic carbocycles. The Labute approximate surface area is 79.7 Å². The zero-order valence-electron chi connectivity index (χ0n) is 7.86. The average molecular weight is 174 g/mol. The van der Waals surface area contributed by atoms with Gasteiger partial charge in [0, 0.05) is 13.0 Å². The van der Waals surface area contributed by atoms with Gasteiger partial charge in [-0.05, 0) is 12.5 Å². The molecule has 0 saturated heterocycles. The SMILES string of the molecule is C#CC(Cc1ccccc1)OCC. The second-order valence-electron chi connectivity index (χ2n) is 2.80. The molecule has 1 unspecified atom stereocenters. The van der Waals surface area contributed by atoms with Crippen molar-refractivity contribution in [2.75, 3.05) is 6.61 Å². The molecule has 0 aliphatic rings. The van der Waals surface area contributed by atoms with Gasteiger partial charge in [0.25, 0.3) is 0 Å². The molecule has 13 heavy (non-hydrogen) atoms. The number of hydrogen-bond donors (Lipinski definition) is 0. The lowest BCUT2D eigenvalue weighted by atomic mass is 10.1. The summed E-state index contributed by atoms with van der Waals surface area (Å²) >= 11 is 0. The molecule has 0 amide bonds. The number of terminal acetylenes is 1.